The van der Waals surface area contributed by atoms with Crippen LogP contribution >= 0.6 is 22.9 Å². The third-order valence-electron chi connectivity index (χ3n) is 5.62. The zero-order valence-corrected chi connectivity index (χ0v) is 19.4. The van der Waals surface area contributed by atoms with Crippen LogP contribution in [0.2, 0.25) is 5.02 Å². The van der Waals surface area contributed by atoms with Crippen LogP contribution in [0.15, 0.2) is 42.5 Å². The summed E-state index contributed by atoms with van der Waals surface area (Å²) in [6.07, 6.45) is -0.635. The van der Waals surface area contributed by atoms with Crippen LogP contribution in [0.4, 0.5) is 16.2 Å². The van der Waals surface area contributed by atoms with Crippen molar-refractivity contribution in [3.63, 3.8) is 0 Å². The fourth-order valence-electron chi connectivity index (χ4n) is 4.02. The number of nitrogens with two attached hydrogens (primary N) is 1. The molecule has 176 valence electrons. The fraction of sp³-hybridized carbons (Fsp3) is 0.261. The van der Waals surface area contributed by atoms with Gasteiger partial charge in [-0.2, -0.15) is 0 Å². The van der Waals surface area contributed by atoms with E-state index in [9.17, 15) is 14.4 Å². The molecule has 0 bridgehead atoms. The lowest BCUT2D eigenvalue weighted by Gasteiger charge is -2.27. The van der Waals surface area contributed by atoms with Crippen molar-refractivity contribution in [1.82, 2.24) is 0 Å². The fourth-order valence-corrected chi connectivity index (χ4v) is 5.06. The Morgan fingerprint density at radius 1 is 1.15 bits per heavy atom. The maximum atomic E-state index is 11.9. The molecule has 11 heteroatoms. The first-order valence-corrected chi connectivity index (χ1v) is 11.7. The summed E-state index contributed by atoms with van der Waals surface area (Å²) >= 11 is 7.27. The van der Waals surface area contributed by atoms with E-state index in [2.05, 4.69) is 0 Å². The highest BCUT2D eigenvalue weighted by Crippen LogP contribution is 2.44. The molecular weight excluding hydrogens is 482 g/mol. The molecule has 0 aliphatic carbocycles. The number of carbonyl (C=O) groups is 3. The van der Waals surface area contributed by atoms with Gasteiger partial charge in [0.15, 0.2) is 12.4 Å². The van der Waals surface area contributed by atoms with Gasteiger partial charge in [0.25, 0.3) is 5.91 Å². The standard InChI is InChI=1S/C14H15N3O5.C9H5ClOS/c15-6-11-13-17(14(19)22-11)9-2-1-8(5-10(9)21-13)16-3-4-20-7-12(16)18;10-7-1-2-9-6(3-7)4-8(5-11)12-9/h1-2,5,11,13H,3-4,6-7,15H2;1-5H. The molecule has 34 heavy (non-hydrogen) atoms. The van der Waals surface area contributed by atoms with E-state index in [0.717, 1.165) is 26.9 Å². The minimum atomic E-state index is -0.539. The number of anilines is 2. The largest absolute Gasteiger partial charge is 0.464 e. The SMILES string of the molecule is NCC1OC(=O)N2c3ccc(N4CCOCC4=O)cc3OC12.O=Cc1cc2cc(Cl)ccc2s1. The second-order valence-corrected chi connectivity index (χ2v) is 9.29. The van der Waals surface area contributed by atoms with Gasteiger partial charge in [-0.05, 0) is 41.8 Å². The van der Waals surface area contributed by atoms with Gasteiger partial charge < -0.3 is 24.8 Å². The zero-order valence-electron chi connectivity index (χ0n) is 17.8. The van der Waals surface area contributed by atoms with Gasteiger partial charge in [-0.25, -0.2) is 9.69 Å². The van der Waals surface area contributed by atoms with Crippen molar-refractivity contribution in [2.75, 3.05) is 36.1 Å². The lowest BCUT2D eigenvalue weighted by Crippen LogP contribution is -2.41. The molecule has 2 saturated heterocycles. The number of ether oxygens (including phenoxy) is 3. The topological polar surface area (TPSA) is 111 Å². The molecule has 2 unspecified atom stereocenters. The van der Waals surface area contributed by atoms with Crippen molar-refractivity contribution in [2.24, 2.45) is 5.73 Å². The predicted octanol–water partition coefficient (Wildman–Crippen LogP) is 3.42. The van der Waals surface area contributed by atoms with Crippen LogP contribution in [0, 0.1) is 0 Å². The normalized spacial score (nSPS) is 20.9. The average molecular weight is 502 g/mol. The van der Waals surface area contributed by atoms with Gasteiger partial charge in [-0.15, -0.1) is 11.3 Å². The lowest BCUT2D eigenvalue weighted by atomic mass is 10.2. The highest BCUT2D eigenvalue weighted by Gasteiger charge is 2.49. The monoisotopic (exact) mass is 501 g/mol. The van der Waals surface area contributed by atoms with Gasteiger partial charge in [-0.1, -0.05) is 11.6 Å². The van der Waals surface area contributed by atoms with Crippen LogP contribution in [0.3, 0.4) is 0 Å². The number of amides is 2. The molecular formula is C23H20ClN3O6S. The number of benzene rings is 2. The summed E-state index contributed by atoms with van der Waals surface area (Å²) in [7, 11) is 0. The van der Waals surface area contributed by atoms with Crippen LogP contribution in [0.25, 0.3) is 10.1 Å². The molecule has 1 aromatic heterocycles. The molecule has 0 spiro atoms. The first kappa shape index (κ1) is 22.6. The van der Waals surface area contributed by atoms with E-state index in [1.165, 1.54) is 16.2 Å². The molecule has 3 aromatic rings. The summed E-state index contributed by atoms with van der Waals surface area (Å²) in [6, 6.07) is 12.8. The van der Waals surface area contributed by atoms with E-state index >= 15 is 0 Å². The summed E-state index contributed by atoms with van der Waals surface area (Å²) in [5, 5.41) is 1.74. The van der Waals surface area contributed by atoms with Crippen LogP contribution in [0.1, 0.15) is 9.67 Å². The number of hydrogen-bond donors (Lipinski definition) is 1. The number of halogens is 1. The number of carbonyl (C=O) groups excluding carboxylic acids is 3. The summed E-state index contributed by atoms with van der Waals surface area (Å²) in [6.45, 7) is 1.27. The summed E-state index contributed by atoms with van der Waals surface area (Å²) in [5.41, 5.74) is 6.96. The van der Waals surface area contributed by atoms with Gasteiger partial charge in [-0.3, -0.25) is 9.59 Å². The van der Waals surface area contributed by atoms with Crippen LogP contribution < -0.4 is 20.3 Å². The summed E-state index contributed by atoms with van der Waals surface area (Å²) < 4.78 is 17.2. The number of morpholine rings is 1. The number of rotatable bonds is 3. The van der Waals surface area contributed by atoms with E-state index in [1.807, 2.05) is 24.3 Å². The molecule has 4 heterocycles. The van der Waals surface area contributed by atoms with Crippen LogP contribution in [-0.4, -0.2) is 56.9 Å². The van der Waals surface area contributed by atoms with E-state index in [-0.39, 0.29) is 19.1 Å². The van der Waals surface area contributed by atoms with Gasteiger partial charge >= 0.3 is 6.09 Å². The van der Waals surface area contributed by atoms with Crippen molar-refractivity contribution in [1.29, 1.82) is 0 Å². The minimum absolute atomic E-state index is 0.0776. The third kappa shape index (κ3) is 4.09. The Bertz CT molecular complexity index is 1280. The molecule has 6 rings (SSSR count). The Balaban J connectivity index is 0.000000169. The number of fused-ring (bicyclic) bond motifs is 4. The smallest absolute Gasteiger partial charge is 0.418 e. The Morgan fingerprint density at radius 3 is 2.76 bits per heavy atom. The molecule has 3 aliphatic rings. The summed E-state index contributed by atoms with van der Waals surface area (Å²) in [5.74, 6) is 0.459. The second-order valence-electron chi connectivity index (χ2n) is 7.74. The lowest BCUT2D eigenvalue weighted by molar-refractivity contribution is -0.125. The third-order valence-corrected chi connectivity index (χ3v) is 6.89. The average Bonchev–Trinajstić information content (AvgIpc) is 3.51. The van der Waals surface area contributed by atoms with Gasteiger partial charge in [0.05, 0.1) is 17.2 Å². The van der Waals surface area contributed by atoms with E-state index in [1.54, 1.807) is 23.1 Å². The Morgan fingerprint density at radius 2 is 2.00 bits per heavy atom. The highest BCUT2D eigenvalue weighted by molar-refractivity contribution is 7.20. The number of aldehydes is 1. The first-order chi connectivity index (χ1) is 16.5. The molecule has 2 aromatic carbocycles. The maximum Gasteiger partial charge on any atom is 0.418 e. The highest BCUT2D eigenvalue weighted by atomic mass is 35.5. The van der Waals surface area contributed by atoms with E-state index in [0.29, 0.717) is 29.6 Å². The molecule has 0 saturated carbocycles. The maximum absolute atomic E-state index is 11.9. The zero-order chi connectivity index (χ0) is 23.8. The number of hydrogen-bond acceptors (Lipinski definition) is 8. The number of nitrogens with zero attached hydrogens (tertiary/aromatic N) is 2. The number of cyclic esters (lactones) is 1. The second kappa shape index (κ2) is 9.22. The Kier molecular flexibility index (Phi) is 6.13. The van der Waals surface area contributed by atoms with Crippen molar-refractivity contribution in [3.05, 3.63) is 52.4 Å². The van der Waals surface area contributed by atoms with Crippen LogP contribution in [-0.2, 0) is 14.3 Å². The Labute approximate surface area is 203 Å². The molecule has 2 amide bonds. The van der Waals surface area contributed by atoms with E-state index < -0.39 is 18.4 Å². The summed E-state index contributed by atoms with van der Waals surface area (Å²) in [4.78, 5) is 38.1. The minimum Gasteiger partial charge on any atom is -0.464 e. The molecule has 3 aliphatic heterocycles. The quantitative estimate of drug-likeness (QED) is 0.547. The van der Waals surface area contributed by atoms with Crippen molar-refractivity contribution >= 4 is 62.7 Å². The molecule has 9 nitrogen and oxygen atoms in total. The molecule has 2 N–H and O–H groups in total. The van der Waals surface area contributed by atoms with Gasteiger partial charge in [0.2, 0.25) is 6.23 Å². The van der Waals surface area contributed by atoms with Crippen molar-refractivity contribution in [2.45, 2.75) is 12.3 Å². The van der Waals surface area contributed by atoms with Gasteiger partial charge in [0, 0.05) is 34.6 Å². The molecule has 0 radical (unpaired) electrons. The van der Waals surface area contributed by atoms with Crippen molar-refractivity contribution in [3.8, 4) is 5.75 Å². The van der Waals surface area contributed by atoms with Crippen molar-refractivity contribution < 1.29 is 28.6 Å². The van der Waals surface area contributed by atoms with Gasteiger partial charge in [0.1, 0.15) is 12.4 Å². The Hall–Kier alpha value is -3.18. The van der Waals surface area contributed by atoms with Crippen LogP contribution in [0.5, 0.6) is 5.75 Å². The molecule has 2 atom stereocenters. The van der Waals surface area contributed by atoms with E-state index in [4.69, 9.17) is 31.5 Å². The number of thiophene rings is 1. The predicted molar refractivity (Wildman–Crippen MR) is 128 cm³/mol. The first-order valence-electron chi connectivity index (χ1n) is 10.5. The molecule has 2 fully saturated rings.